The Balaban J connectivity index is 2.88. The number of carbonyl (C=O) groups excluding carboxylic acids is 1. The van der Waals surface area contributed by atoms with Gasteiger partial charge in [0.15, 0.2) is 23.5 Å². The molecule has 1 aromatic rings. The lowest BCUT2D eigenvalue weighted by atomic mass is 10.1. The van der Waals surface area contributed by atoms with Crippen molar-refractivity contribution in [3.8, 4) is 5.75 Å². The Bertz CT molecular complexity index is 454. The third kappa shape index (κ3) is 4.45. The van der Waals surface area contributed by atoms with Gasteiger partial charge in [-0.2, -0.15) is 0 Å². The summed E-state index contributed by atoms with van der Waals surface area (Å²) >= 11 is 0. The lowest BCUT2D eigenvalue weighted by molar-refractivity contribution is -0.150. The molecule has 0 saturated heterocycles. The van der Waals surface area contributed by atoms with E-state index in [1.165, 1.54) is 6.92 Å². The van der Waals surface area contributed by atoms with Crippen LogP contribution in [0.2, 0.25) is 0 Å². The zero-order valence-electron chi connectivity index (χ0n) is 11.8. The number of hydrogen-bond donors (Lipinski definition) is 1. The average Bonchev–Trinajstić information content (AvgIpc) is 2.33. The van der Waals surface area contributed by atoms with Crippen LogP contribution in [0.15, 0.2) is 12.1 Å². The third-order valence-corrected chi connectivity index (χ3v) is 2.53. The number of benzene rings is 1. The molecule has 0 spiro atoms. The van der Waals surface area contributed by atoms with E-state index in [1.54, 1.807) is 13.8 Å². The predicted octanol–water partition coefficient (Wildman–Crippen LogP) is 2.18. The van der Waals surface area contributed by atoms with Crippen molar-refractivity contribution in [3.63, 3.8) is 0 Å². The molecule has 0 heterocycles. The van der Waals surface area contributed by atoms with Crippen LogP contribution in [-0.2, 0) is 16.0 Å². The highest BCUT2D eigenvalue weighted by molar-refractivity contribution is 5.74. The summed E-state index contributed by atoms with van der Waals surface area (Å²) in [5, 5.41) is 0. The molecule has 0 aromatic heterocycles. The zero-order chi connectivity index (χ0) is 15.3. The minimum Gasteiger partial charge on any atom is -0.473 e. The Morgan fingerprint density at radius 2 is 1.85 bits per heavy atom. The lowest BCUT2D eigenvalue weighted by Crippen LogP contribution is -2.27. The van der Waals surface area contributed by atoms with Crippen molar-refractivity contribution in [2.24, 2.45) is 5.73 Å². The molecule has 0 amide bonds. The number of nitrogens with two attached hydrogens (primary N) is 1. The van der Waals surface area contributed by atoms with Crippen molar-refractivity contribution in [2.75, 3.05) is 6.61 Å². The van der Waals surface area contributed by atoms with Gasteiger partial charge in [0.1, 0.15) is 0 Å². The topological polar surface area (TPSA) is 61.5 Å². The van der Waals surface area contributed by atoms with E-state index in [0.717, 1.165) is 12.1 Å². The highest BCUT2D eigenvalue weighted by atomic mass is 19.1. The van der Waals surface area contributed by atoms with Crippen LogP contribution >= 0.6 is 0 Å². The Morgan fingerprint density at radius 3 is 2.30 bits per heavy atom. The smallest absolute Gasteiger partial charge is 0.347 e. The summed E-state index contributed by atoms with van der Waals surface area (Å²) in [5.74, 6) is -2.99. The van der Waals surface area contributed by atoms with Crippen molar-refractivity contribution in [3.05, 3.63) is 29.3 Å². The first-order chi connectivity index (χ1) is 9.35. The van der Waals surface area contributed by atoms with E-state index in [4.69, 9.17) is 15.2 Å². The summed E-state index contributed by atoms with van der Waals surface area (Å²) in [6.45, 7) is 4.91. The normalized spacial score (nSPS) is 13.7. The molecule has 1 rings (SSSR count). The molecule has 0 radical (unpaired) electrons. The minimum absolute atomic E-state index is 0.171. The fraction of sp³-hybridized carbons (Fsp3) is 0.500. The van der Waals surface area contributed by atoms with E-state index in [9.17, 15) is 13.6 Å². The molecule has 0 aliphatic rings. The van der Waals surface area contributed by atoms with Gasteiger partial charge < -0.3 is 15.2 Å². The molecule has 2 atom stereocenters. The van der Waals surface area contributed by atoms with E-state index in [1.807, 2.05) is 0 Å². The third-order valence-electron chi connectivity index (χ3n) is 2.53. The molecule has 2 N–H and O–H groups in total. The van der Waals surface area contributed by atoms with Crippen LogP contribution in [0.5, 0.6) is 5.75 Å². The molecule has 1 aromatic carbocycles. The van der Waals surface area contributed by atoms with Gasteiger partial charge in [-0.1, -0.05) is 0 Å². The molecule has 0 bridgehead atoms. The summed E-state index contributed by atoms with van der Waals surface area (Å²) < 4.78 is 37.3. The van der Waals surface area contributed by atoms with Gasteiger partial charge in [0, 0.05) is 6.04 Å². The minimum atomic E-state index is -1.08. The van der Waals surface area contributed by atoms with Gasteiger partial charge in [0.25, 0.3) is 0 Å². The molecule has 6 heteroatoms. The summed E-state index contributed by atoms with van der Waals surface area (Å²) in [4.78, 5) is 11.4. The van der Waals surface area contributed by atoms with Gasteiger partial charge in [0.2, 0.25) is 0 Å². The summed E-state index contributed by atoms with van der Waals surface area (Å²) in [6, 6.07) is 2.10. The number of halogens is 2. The number of hydrogen-bond acceptors (Lipinski definition) is 4. The first kappa shape index (κ1) is 16.4. The number of rotatable bonds is 6. The molecular formula is C14H19F2NO3. The van der Waals surface area contributed by atoms with Crippen molar-refractivity contribution in [1.82, 2.24) is 0 Å². The second-order valence-corrected chi connectivity index (χ2v) is 4.58. The van der Waals surface area contributed by atoms with E-state index < -0.39 is 29.5 Å². The lowest BCUT2D eigenvalue weighted by Gasteiger charge is -2.15. The molecule has 0 aliphatic carbocycles. The van der Waals surface area contributed by atoms with Crippen LogP contribution in [-0.4, -0.2) is 24.7 Å². The first-order valence-electron chi connectivity index (χ1n) is 6.42. The monoisotopic (exact) mass is 287 g/mol. The van der Waals surface area contributed by atoms with Crippen molar-refractivity contribution in [2.45, 2.75) is 39.3 Å². The van der Waals surface area contributed by atoms with Gasteiger partial charge >= 0.3 is 5.97 Å². The quantitative estimate of drug-likeness (QED) is 0.815. The maximum Gasteiger partial charge on any atom is 0.347 e. The fourth-order valence-corrected chi connectivity index (χ4v) is 1.70. The standard InChI is InChI=1S/C14H19F2NO3/c1-4-19-14(18)9(3)20-13-11(15)6-10(5-8(2)17)7-12(13)16/h6-9H,4-5,17H2,1-3H3. The number of ether oxygens (including phenoxy) is 2. The van der Waals surface area contributed by atoms with Crippen LogP contribution in [0.25, 0.3) is 0 Å². The van der Waals surface area contributed by atoms with E-state index in [2.05, 4.69) is 0 Å². The average molecular weight is 287 g/mol. The summed E-state index contributed by atoms with van der Waals surface area (Å²) in [5.41, 5.74) is 6.02. The predicted molar refractivity (Wildman–Crippen MR) is 70.4 cm³/mol. The van der Waals surface area contributed by atoms with Gasteiger partial charge in [-0.15, -0.1) is 0 Å². The summed E-state index contributed by atoms with van der Waals surface area (Å²) in [7, 11) is 0. The maximum absolute atomic E-state index is 13.8. The molecule has 0 fully saturated rings. The SMILES string of the molecule is CCOC(=O)C(C)Oc1c(F)cc(CC(C)N)cc1F. The fourth-order valence-electron chi connectivity index (χ4n) is 1.70. The van der Waals surface area contributed by atoms with Gasteiger partial charge in [-0.3, -0.25) is 0 Å². The molecule has 4 nitrogen and oxygen atoms in total. The van der Waals surface area contributed by atoms with E-state index in [-0.39, 0.29) is 12.6 Å². The Labute approximate surface area is 116 Å². The second-order valence-electron chi connectivity index (χ2n) is 4.58. The molecule has 20 heavy (non-hydrogen) atoms. The maximum atomic E-state index is 13.8. The van der Waals surface area contributed by atoms with Gasteiger partial charge in [0.05, 0.1) is 6.61 Å². The van der Waals surface area contributed by atoms with Crippen molar-refractivity contribution < 1.29 is 23.0 Å². The van der Waals surface area contributed by atoms with Crippen LogP contribution in [0.3, 0.4) is 0 Å². The Kier molecular flexibility index (Phi) is 5.88. The van der Waals surface area contributed by atoms with Crippen LogP contribution < -0.4 is 10.5 Å². The van der Waals surface area contributed by atoms with Gasteiger partial charge in [-0.05, 0) is 44.9 Å². The Morgan fingerprint density at radius 1 is 1.30 bits per heavy atom. The largest absolute Gasteiger partial charge is 0.473 e. The Hall–Kier alpha value is -1.69. The van der Waals surface area contributed by atoms with E-state index >= 15 is 0 Å². The molecule has 112 valence electrons. The highest BCUT2D eigenvalue weighted by Gasteiger charge is 2.21. The second kappa shape index (κ2) is 7.19. The van der Waals surface area contributed by atoms with Gasteiger partial charge in [-0.25, -0.2) is 13.6 Å². The van der Waals surface area contributed by atoms with Crippen LogP contribution in [0.4, 0.5) is 8.78 Å². The molecule has 0 aliphatic heterocycles. The molecule has 0 saturated carbocycles. The zero-order valence-corrected chi connectivity index (χ0v) is 11.8. The first-order valence-corrected chi connectivity index (χ1v) is 6.42. The number of carbonyl (C=O) groups is 1. The van der Waals surface area contributed by atoms with Crippen molar-refractivity contribution in [1.29, 1.82) is 0 Å². The van der Waals surface area contributed by atoms with Crippen LogP contribution in [0, 0.1) is 11.6 Å². The summed E-state index contributed by atoms with van der Waals surface area (Å²) in [6.07, 6.45) is -0.736. The molecule has 2 unspecified atom stereocenters. The van der Waals surface area contributed by atoms with Crippen LogP contribution in [0.1, 0.15) is 26.3 Å². The highest BCUT2D eigenvalue weighted by Crippen LogP contribution is 2.25. The van der Waals surface area contributed by atoms with E-state index in [0.29, 0.717) is 12.0 Å². The van der Waals surface area contributed by atoms with Crippen molar-refractivity contribution >= 4 is 5.97 Å². The molecular weight excluding hydrogens is 268 g/mol. The number of esters is 1.